The topological polar surface area (TPSA) is 76.0 Å². The zero-order valence-electron chi connectivity index (χ0n) is 19.6. The van der Waals surface area contributed by atoms with Crippen LogP contribution in [0.3, 0.4) is 0 Å². The summed E-state index contributed by atoms with van der Waals surface area (Å²) in [4.78, 5) is 19.2. The molecule has 0 heterocycles. The summed E-state index contributed by atoms with van der Waals surface area (Å²) in [5, 5.41) is -2.62. The van der Waals surface area contributed by atoms with Crippen molar-refractivity contribution in [1.29, 1.82) is 0 Å². The summed E-state index contributed by atoms with van der Waals surface area (Å²) in [6.45, 7) is 1.50. The first-order valence-corrected chi connectivity index (χ1v) is 13.5. The van der Waals surface area contributed by atoms with E-state index in [2.05, 4.69) is 0 Å². The van der Waals surface area contributed by atoms with Crippen molar-refractivity contribution in [2.45, 2.75) is 62.7 Å². The van der Waals surface area contributed by atoms with Gasteiger partial charge in [-0.1, -0.05) is 12.1 Å². The van der Waals surface area contributed by atoms with E-state index >= 15 is 4.39 Å². The average Bonchev–Trinajstić information content (AvgIpc) is 3.63. The molecule has 2 aromatic rings. The summed E-state index contributed by atoms with van der Waals surface area (Å²) in [6, 6.07) is 11.8. The van der Waals surface area contributed by atoms with E-state index in [1.807, 2.05) is 0 Å². The van der Waals surface area contributed by atoms with Crippen LogP contribution < -0.4 is 9.47 Å². The highest BCUT2D eigenvalue weighted by molar-refractivity contribution is 7.53. The second-order valence-electron chi connectivity index (χ2n) is 9.87. The molecule has 0 aromatic heterocycles. The normalized spacial score (nSPS) is 23.7. The first-order valence-electron chi connectivity index (χ1n) is 11.9. The van der Waals surface area contributed by atoms with Gasteiger partial charge in [0.15, 0.2) is 0 Å². The summed E-state index contributed by atoms with van der Waals surface area (Å²) in [6.07, 6.45) is 5.06. The van der Waals surface area contributed by atoms with Crippen LogP contribution in [0, 0.1) is 17.7 Å². The molecule has 0 spiro atoms. The largest absolute Gasteiger partial charge is 0.497 e. The van der Waals surface area contributed by atoms with E-state index in [1.54, 1.807) is 43.5 Å². The second-order valence-corrected chi connectivity index (χ2v) is 11.8. The lowest BCUT2D eigenvalue weighted by molar-refractivity contribution is 0.174. The smallest absolute Gasteiger partial charge is 0.362 e. The van der Waals surface area contributed by atoms with Gasteiger partial charge in [0, 0.05) is 5.92 Å². The Labute approximate surface area is 199 Å². The highest BCUT2D eigenvalue weighted by Gasteiger charge is 2.55. The highest BCUT2D eigenvalue weighted by Crippen LogP contribution is 2.63. The van der Waals surface area contributed by atoms with Crippen LogP contribution in [-0.2, 0) is 4.57 Å². The molecule has 34 heavy (non-hydrogen) atoms. The van der Waals surface area contributed by atoms with Crippen molar-refractivity contribution >= 4 is 7.60 Å². The maximum absolute atomic E-state index is 15.3. The van der Waals surface area contributed by atoms with Crippen LogP contribution in [0.2, 0.25) is 0 Å². The molecule has 0 bridgehead atoms. The van der Waals surface area contributed by atoms with E-state index in [0.29, 0.717) is 35.2 Å². The van der Waals surface area contributed by atoms with Crippen LogP contribution in [0.15, 0.2) is 42.5 Å². The Balaban J connectivity index is 1.37. The summed E-state index contributed by atoms with van der Waals surface area (Å²) in [5.74, 6) is 0.575. The molecule has 2 aliphatic carbocycles. The lowest BCUT2D eigenvalue weighted by Gasteiger charge is -2.32. The van der Waals surface area contributed by atoms with Gasteiger partial charge in [0.2, 0.25) is 5.41 Å². The Hall–Kier alpha value is -1.95. The fourth-order valence-electron chi connectivity index (χ4n) is 5.23. The summed E-state index contributed by atoms with van der Waals surface area (Å²) >= 11 is 0. The molecular weight excluding hydrogens is 461 g/mol. The quantitative estimate of drug-likeness (QED) is 0.387. The van der Waals surface area contributed by atoms with Gasteiger partial charge in [0.25, 0.3) is 0 Å². The zero-order valence-corrected chi connectivity index (χ0v) is 20.5. The molecule has 2 N–H and O–H groups in total. The number of methoxy groups -OCH3 is 1. The number of rotatable bonds is 9. The Kier molecular flexibility index (Phi) is 7.37. The monoisotopic (exact) mass is 494 g/mol. The number of hydrogen-bond donors (Lipinski definition) is 2. The lowest BCUT2D eigenvalue weighted by atomic mass is 9.79. The molecule has 8 heteroatoms. The van der Waals surface area contributed by atoms with Crippen LogP contribution in [0.25, 0.3) is 0 Å². The molecule has 1 unspecified atom stereocenters. The summed E-state index contributed by atoms with van der Waals surface area (Å²) in [7, 11) is -3.36. The molecule has 0 radical (unpaired) electrons. The lowest BCUT2D eigenvalue weighted by Crippen LogP contribution is -2.29. The minimum absolute atomic E-state index is 0.0786. The molecule has 5 nitrogen and oxygen atoms in total. The van der Waals surface area contributed by atoms with E-state index < -0.39 is 18.9 Å². The van der Waals surface area contributed by atoms with Crippen molar-refractivity contribution in [3.8, 4) is 11.5 Å². The molecular formula is C26H33F2O5P. The Morgan fingerprint density at radius 2 is 1.76 bits per heavy atom. The van der Waals surface area contributed by atoms with E-state index in [-0.39, 0.29) is 17.7 Å². The number of ether oxygens (including phenoxy) is 2. The van der Waals surface area contributed by atoms with Crippen LogP contribution in [0.5, 0.6) is 11.5 Å². The Bertz CT molecular complexity index is 1040. The first-order chi connectivity index (χ1) is 16.1. The van der Waals surface area contributed by atoms with Crippen LogP contribution in [0.1, 0.15) is 68.4 Å². The number of alkyl halides is 1. The van der Waals surface area contributed by atoms with Gasteiger partial charge in [-0.2, -0.15) is 0 Å². The van der Waals surface area contributed by atoms with Crippen molar-refractivity contribution in [3.63, 3.8) is 0 Å². The van der Waals surface area contributed by atoms with Gasteiger partial charge in [0.05, 0.1) is 13.7 Å². The third-order valence-corrected chi connectivity index (χ3v) is 8.84. The van der Waals surface area contributed by atoms with Crippen molar-refractivity contribution in [1.82, 2.24) is 0 Å². The highest BCUT2D eigenvalue weighted by atomic mass is 31.2. The van der Waals surface area contributed by atoms with Crippen LogP contribution in [0.4, 0.5) is 8.78 Å². The molecule has 2 aromatic carbocycles. The minimum Gasteiger partial charge on any atom is -0.497 e. The molecule has 4 rings (SSSR count). The fourth-order valence-corrected chi connectivity index (χ4v) is 5.95. The van der Waals surface area contributed by atoms with E-state index in [0.717, 1.165) is 45.4 Å². The fraction of sp³-hybridized carbons (Fsp3) is 0.538. The first kappa shape index (κ1) is 25.2. The molecule has 186 valence electrons. The van der Waals surface area contributed by atoms with Gasteiger partial charge < -0.3 is 19.3 Å². The Morgan fingerprint density at radius 3 is 2.38 bits per heavy atom. The molecule has 0 amide bonds. The zero-order chi connectivity index (χ0) is 24.5. The maximum Gasteiger partial charge on any atom is 0.362 e. The predicted octanol–water partition coefficient (Wildman–Crippen LogP) is 6.54. The van der Waals surface area contributed by atoms with Crippen molar-refractivity contribution in [2.24, 2.45) is 11.8 Å². The van der Waals surface area contributed by atoms with Gasteiger partial charge in [-0.25, -0.2) is 8.78 Å². The van der Waals surface area contributed by atoms with Gasteiger partial charge in [-0.05, 0) is 105 Å². The Morgan fingerprint density at radius 1 is 1.06 bits per heavy atom. The van der Waals surface area contributed by atoms with Crippen molar-refractivity contribution in [2.75, 3.05) is 13.7 Å². The SMILES string of the molecule is COc1ccc(F)c(C2CCC(COc3cccc(C(C4CC4)[C@@](C)(F)P(=O)(O)O)c3)CC2)c1. The van der Waals surface area contributed by atoms with Crippen molar-refractivity contribution in [3.05, 3.63) is 59.4 Å². The number of benzene rings is 2. The van der Waals surface area contributed by atoms with Gasteiger partial charge in [0.1, 0.15) is 17.3 Å². The van der Waals surface area contributed by atoms with E-state index in [1.165, 1.54) is 6.07 Å². The van der Waals surface area contributed by atoms with Gasteiger partial charge >= 0.3 is 7.60 Å². The summed E-state index contributed by atoms with van der Waals surface area (Å²) < 4.78 is 52.7. The number of halogens is 2. The maximum atomic E-state index is 15.3. The van der Waals surface area contributed by atoms with Crippen molar-refractivity contribution < 1.29 is 32.6 Å². The molecule has 2 saturated carbocycles. The molecule has 2 fully saturated rings. The molecule has 2 aliphatic rings. The predicted molar refractivity (Wildman–Crippen MR) is 127 cm³/mol. The van der Waals surface area contributed by atoms with Gasteiger partial charge in [-0.3, -0.25) is 4.57 Å². The molecule has 0 saturated heterocycles. The third-order valence-electron chi connectivity index (χ3n) is 7.42. The van der Waals surface area contributed by atoms with E-state index in [4.69, 9.17) is 9.47 Å². The van der Waals surface area contributed by atoms with E-state index in [9.17, 15) is 18.7 Å². The number of hydrogen-bond acceptors (Lipinski definition) is 3. The minimum atomic E-state index is -4.94. The van der Waals surface area contributed by atoms with Crippen LogP contribution >= 0.6 is 7.60 Å². The third kappa shape index (κ3) is 5.48. The van der Waals surface area contributed by atoms with Crippen LogP contribution in [-0.4, -0.2) is 28.9 Å². The second kappa shape index (κ2) is 9.96. The average molecular weight is 495 g/mol. The van der Waals surface area contributed by atoms with Gasteiger partial charge in [-0.15, -0.1) is 0 Å². The molecule has 0 aliphatic heterocycles. The molecule has 2 atom stereocenters. The summed E-state index contributed by atoms with van der Waals surface area (Å²) in [5.41, 5.74) is 1.27. The standard InChI is InChI=1S/C26H33F2O5P/c1-26(28,34(29,30)31)25(19-10-11-19)20-4-3-5-22(14-20)33-16-17-6-8-18(9-7-17)23-15-21(32-2)12-13-24(23)27/h3-5,12-15,17-19,25H,6-11,16H2,1-2H3,(H2,29,30,31)/t17?,18?,25?,26-/m0/s1.